The fraction of sp³-hybridized carbons (Fsp3) is 0.691. The van der Waals surface area contributed by atoms with Crippen molar-refractivity contribution in [3.8, 4) is 0 Å². The highest BCUT2D eigenvalue weighted by Crippen LogP contribution is 2.14. The van der Waals surface area contributed by atoms with Gasteiger partial charge in [0.2, 0.25) is 0 Å². The summed E-state index contributed by atoms with van der Waals surface area (Å²) in [6.45, 7) is 6.42. The minimum atomic E-state index is -0.811. The van der Waals surface area contributed by atoms with E-state index in [1.54, 1.807) is 0 Å². The third-order valence-corrected chi connectivity index (χ3v) is 10.4. The summed E-state index contributed by atoms with van der Waals surface area (Å²) < 4.78 is 16.7. The van der Waals surface area contributed by atoms with Gasteiger partial charge in [0, 0.05) is 19.3 Å². The zero-order valence-corrected chi connectivity index (χ0v) is 39.7. The van der Waals surface area contributed by atoms with Crippen molar-refractivity contribution in [3.63, 3.8) is 0 Å². The molecule has 0 aliphatic carbocycles. The first-order valence-electron chi connectivity index (χ1n) is 25.1. The first kappa shape index (κ1) is 57.6. The average Bonchev–Trinajstić information content (AvgIpc) is 3.26. The summed E-state index contributed by atoms with van der Waals surface area (Å²) in [5, 5.41) is 0. The third kappa shape index (κ3) is 47.5. The number of carbonyl (C=O) groups excluding carboxylic acids is 3. The van der Waals surface area contributed by atoms with Crippen LogP contribution in [0.5, 0.6) is 0 Å². The van der Waals surface area contributed by atoms with Crippen molar-refractivity contribution in [2.75, 3.05) is 13.2 Å². The summed E-state index contributed by atoms with van der Waals surface area (Å²) >= 11 is 0. The lowest BCUT2D eigenvalue weighted by atomic mass is 10.0. The van der Waals surface area contributed by atoms with E-state index in [1.807, 2.05) is 0 Å². The predicted octanol–water partition coefficient (Wildman–Crippen LogP) is 16.4. The minimum absolute atomic E-state index is 0.104. The van der Waals surface area contributed by atoms with Crippen LogP contribution in [0.1, 0.15) is 226 Å². The number of rotatable bonds is 44. The third-order valence-electron chi connectivity index (χ3n) is 10.4. The van der Waals surface area contributed by atoms with Crippen LogP contribution in [0, 0.1) is 0 Å². The van der Waals surface area contributed by atoms with Crippen molar-refractivity contribution in [2.24, 2.45) is 0 Å². The molecule has 61 heavy (non-hydrogen) atoms. The standard InChI is InChI=1S/C55H92O6/c1-4-7-10-13-16-19-22-25-27-30-33-36-39-42-45-48-54(57)60-51-52(50-59-53(56)47-44-41-38-35-32-29-24-21-18-15-12-9-6-3)61-55(58)49-46-43-40-37-34-31-28-26-23-20-17-14-11-8-5-2/h7,10,16-17,19-20,25-28,33-34,36-37,52H,4-6,8-9,11-15,18,21-24,29-32,35,38-51H2,1-3H3/b10-7-,19-16-,20-17-,27-25-,28-26-,36-33-,37-34-/t52-/m0/s1. The molecule has 0 aromatic rings. The van der Waals surface area contributed by atoms with E-state index in [2.05, 4.69) is 106 Å². The van der Waals surface area contributed by atoms with Crippen molar-refractivity contribution < 1.29 is 28.6 Å². The van der Waals surface area contributed by atoms with E-state index in [-0.39, 0.29) is 37.5 Å². The molecule has 0 radical (unpaired) electrons. The van der Waals surface area contributed by atoms with Crippen LogP contribution < -0.4 is 0 Å². The highest BCUT2D eigenvalue weighted by atomic mass is 16.6. The van der Waals surface area contributed by atoms with Crippen LogP contribution in [-0.2, 0) is 28.6 Å². The molecule has 0 fully saturated rings. The fourth-order valence-electron chi connectivity index (χ4n) is 6.61. The molecule has 6 heteroatoms. The SMILES string of the molecule is CC/C=C\C/C=C\C/C=C\C/C=C\CCCCC(=O)OC[C@H](COC(=O)CCCCCCCCCCCCCCC)OC(=O)CCCC/C=C\C/C=C\C/C=C\CCCCC. The molecule has 0 saturated heterocycles. The van der Waals surface area contributed by atoms with Gasteiger partial charge in [-0.2, -0.15) is 0 Å². The Bertz CT molecular complexity index is 1200. The lowest BCUT2D eigenvalue weighted by Gasteiger charge is -2.18. The molecule has 0 aliphatic heterocycles. The average molecular weight is 849 g/mol. The Hall–Kier alpha value is -3.41. The monoisotopic (exact) mass is 849 g/mol. The van der Waals surface area contributed by atoms with Crippen LogP contribution in [-0.4, -0.2) is 37.2 Å². The second kappa shape index (κ2) is 49.2. The summed E-state index contributed by atoms with van der Waals surface area (Å²) in [5.74, 6) is -0.988. The zero-order valence-electron chi connectivity index (χ0n) is 39.7. The smallest absolute Gasteiger partial charge is 0.306 e. The van der Waals surface area contributed by atoms with Crippen molar-refractivity contribution >= 4 is 17.9 Å². The Morgan fingerprint density at radius 3 is 1.03 bits per heavy atom. The number of unbranched alkanes of at least 4 members (excludes halogenated alkanes) is 19. The van der Waals surface area contributed by atoms with Gasteiger partial charge in [-0.3, -0.25) is 14.4 Å². The highest BCUT2D eigenvalue weighted by Gasteiger charge is 2.19. The lowest BCUT2D eigenvalue weighted by Crippen LogP contribution is -2.30. The second-order valence-corrected chi connectivity index (χ2v) is 16.3. The first-order valence-corrected chi connectivity index (χ1v) is 25.1. The largest absolute Gasteiger partial charge is 0.462 e. The van der Waals surface area contributed by atoms with E-state index in [4.69, 9.17) is 14.2 Å². The number of carbonyl (C=O) groups is 3. The van der Waals surface area contributed by atoms with E-state index in [0.717, 1.165) is 89.9 Å². The van der Waals surface area contributed by atoms with Crippen LogP contribution >= 0.6 is 0 Å². The molecule has 348 valence electrons. The zero-order chi connectivity index (χ0) is 44.4. The van der Waals surface area contributed by atoms with Gasteiger partial charge in [0.05, 0.1) is 0 Å². The summed E-state index contributed by atoms with van der Waals surface area (Å²) in [5.41, 5.74) is 0. The van der Waals surface area contributed by atoms with Gasteiger partial charge in [-0.1, -0.05) is 196 Å². The Morgan fingerprint density at radius 2 is 0.639 bits per heavy atom. The molecule has 0 amide bonds. The summed E-state index contributed by atoms with van der Waals surface area (Å²) in [4.78, 5) is 37.9. The van der Waals surface area contributed by atoms with E-state index >= 15 is 0 Å². The van der Waals surface area contributed by atoms with Crippen LogP contribution in [0.25, 0.3) is 0 Å². The van der Waals surface area contributed by atoms with Crippen LogP contribution in [0.4, 0.5) is 0 Å². The fourth-order valence-corrected chi connectivity index (χ4v) is 6.61. The molecule has 0 spiro atoms. The van der Waals surface area contributed by atoms with Crippen LogP contribution in [0.2, 0.25) is 0 Å². The van der Waals surface area contributed by atoms with Crippen LogP contribution in [0.15, 0.2) is 85.1 Å². The van der Waals surface area contributed by atoms with E-state index in [9.17, 15) is 14.4 Å². The number of hydrogen-bond acceptors (Lipinski definition) is 6. The maximum atomic E-state index is 12.8. The number of hydrogen-bond donors (Lipinski definition) is 0. The van der Waals surface area contributed by atoms with E-state index < -0.39 is 6.10 Å². The highest BCUT2D eigenvalue weighted by molar-refractivity contribution is 5.71. The number of esters is 3. The summed E-state index contributed by atoms with van der Waals surface area (Å²) in [6, 6.07) is 0. The molecule has 0 unspecified atom stereocenters. The van der Waals surface area contributed by atoms with E-state index in [0.29, 0.717) is 19.3 Å². The normalized spacial score (nSPS) is 12.8. The van der Waals surface area contributed by atoms with Gasteiger partial charge in [0.15, 0.2) is 6.10 Å². The van der Waals surface area contributed by atoms with Gasteiger partial charge < -0.3 is 14.2 Å². The van der Waals surface area contributed by atoms with Gasteiger partial charge in [0.25, 0.3) is 0 Å². The van der Waals surface area contributed by atoms with Gasteiger partial charge in [-0.05, 0) is 96.3 Å². The molecular weight excluding hydrogens is 757 g/mol. The Labute approximate surface area is 375 Å². The van der Waals surface area contributed by atoms with Crippen molar-refractivity contribution in [3.05, 3.63) is 85.1 Å². The maximum Gasteiger partial charge on any atom is 0.306 e. The molecule has 0 N–H and O–H groups in total. The molecule has 0 aromatic heterocycles. The van der Waals surface area contributed by atoms with Gasteiger partial charge >= 0.3 is 17.9 Å². The van der Waals surface area contributed by atoms with Gasteiger partial charge in [0.1, 0.15) is 13.2 Å². The molecule has 0 aliphatic rings. The Balaban J connectivity index is 4.52. The lowest BCUT2D eigenvalue weighted by molar-refractivity contribution is -0.167. The molecule has 0 heterocycles. The number of allylic oxidation sites excluding steroid dienone is 14. The van der Waals surface area contributed by atoms with E-state index in [1.165, 1.54) is 89.9 Å². The van der Waals surface area contributed by atoms with Crippen molar-refractivity contribution in [1.29, 1.82) is 0 Å². The summed E-state index contributed by atoms with van der Waals surface area (Å²) in [7, 11) is 0. The minimum Gasteiger partial charge on any atom is -0.462 e. The van der Waals surface area contributed by atoms with Gasteiger partial charge in [-0.15, -0.1) is 0 Å². The quantitative estimate of drug-likeness (QED) is 0.0263. The number of ether oxygens (including phenoxy) is 3. The molecule has 0 saturated carbocycles. The van der Waals surface area contributed by atoms with Crippen LogP contribution in [0.3, 0.4) is 0 Å². The first-order chi connectivity index (χ1) is 30.0. The van der Waals surface area contributed by atoms with Crippen molar-refractivity contribution in [1.82, 2.24) is 0 Å². The molecule has 0 aromatic carbocycles. The summed E-state index contributed by atoms with van der Waals surface area (Å²) in [6.07, 6.45) is 62.8. The Kier molecular flexibility index (Phi) is 46.5. The Morgan fingerprint density at radius 1 is 0.344 bits per heavy atom. The molecule has 6 nitrogen and oxygen atoms in total. The molecule has 0 rings (SSSR count). The topological polar surface area (TPSA) is 78.9 Å². The molecule has 1 atom stereocenters. The van der Waals surface area contributed by atoms with Gasteiger partial charge in [-0.25, -0.2) is 0 Å². The maximum absolute atomic E-state index is 12.8. The second-order valence-electron chi connectivity index (χ2n) is 16.3. The van der Waals surface area contributed by atoms with Crippen molar-refractivity contribution in [2.45, 2.75) is 232 Å². The molecule has 0 bridgehead atoms. The molecular formula is C55H92O6. The predicted molar refractivity (Wildman–Crippen MR) is 261 cm³/mol.